The molecule has 0 radical (unpaired) electrons. The van der Waals surface area contributed by atoms with Crippen LogP contribution in [0.4, 0.5) is 17.6 Å². The second-order valence-corrected chi connectivity index (χ2v) is 8.40. The number of anilines is 3. The van der Waals surface area contributed by atoms with E-state index in [-0.39, 0.29) is 5.95 Å². The van der Waals surface area contributed by atoms with Crippen molar-refractivity contribution in [1.82, 2.24) is 24.8 Å². The van der Waals surface area contributed by atoms with Gasteiger partial charge in [0.2, 0.25) is 18.7 Å². The highest BCUT2D eigenvalue weighted by molar-refractivity contribution is 5.59. The van der Waals surface area contributed by atoms with Gasteiger partial charge in [0, 0.05) is 56.6 Å². The lowest BCUT2D eigenvalue weighted by Gasteiger charge is -2.34. The SMILES string of the molecule is COc1cc(Nc2nc(N)nc(CN3CCN(Cc4ccc5c(c4)OCO5)CC3)n2)cc(OC)c1. The molecule has 35 heavy (non-hydrogen) atoms. The minimum Gasteiger partial charge on any atom is -0.497 e. The number of methoxy groups -OCH3 is 2. The van der Waals surface area contributed by atoms with E-state index in [0.717, 1.165) is 49.9 Å². The molecule has 2 aromatic carbocycles. The van der Waals surface area contributed by atoms with Gasteiger partial charge < -0.3 is 30.0 Å². The van der Waals surface area contributed by atoms with E-state index < -0.39 is 0 Å². The molecule has 11 heteroatoms. The number of rotatable bonds is 8. The smallest absolute Gasteiger partial charge is 0.232 e. The van der Waals surface area contributed by atoms with Gasteiger partial charge in [-0.05, 0) is 17.7 Å². The van der Waals surface area contributed by atoms with Gasteiger partial charge in [0.05, 0.1) is 20.8 Å². The van der Waals surface area contributed by atoms with E-state index in [1.165, 1.54) is 5.56 Å². The fraction of sp³-hybridized carbons (Fsp3) is 0.375. The number of benzene rings is 2. The number of hydrogen-bond donors (Lipinski definition) is 2. The molecule has 3 N–H and O–H groups in total. The van der Waals surface area contributed by atoms with E-state index in [1.54, 1.807) is 20.3 Å². The molecular weight excluding hydrogens is 450 g/mol. The molecular formula is C24H29N7O4. The maximum Gasteiger partial charge on any atom is 0.232 e. The fourth-order valence-electron chi connectivity index (χ4n) is 4.18. The Hall–Kier alpha value is -3.83. The van der Waals surface area contributed by atoms with Gasteiger partial charge in [-0.25, -0.2) is 0 Å². The highest BCUT2D eigenvalue weighted by Crippen LogP contribution is 2.33. The van der Waals surface area contributed by atoms with Gasteiger partial charge in [-0.15, -0.1) is 0 Å². The van der Waals surface area contributed by atoms with Crippen LogP contribution in [0.5, 0.6) is 23.0 Å². The van der Waals surface area contributed by atoms with Crippen LogP contribution in [0.3, 0.4) is 0 Å². The molecule has 2 aliphatic rings. The first-order chi connectivity index (χ1) is 17.1. The molecule has 0 atom stereocenters. The molecule has 3 heterocycles. The number of ether oxygens (including phenoxy) is 4. The summed E-state index contributed by atoms with van der Waals surface area (Å²) >= 11 is 0. The van der Waals surface area contributed by atoms with Crippen LogP contribution in [-0.2, 0) is 13.1 Å². The summed E-state index contributed by atoms with van der Waals surface area (Å²) in [7, 11) is 3.21. The molecule has 0 spiro atoms. The summed E-state index contributed by atoms with van der Waals surface area (Å²) in [5.41, 5.74) is 7.93. The molecule has 1 aromatic heterocycles. The van der Waals surface area contributed by atoms with Crippen molar-refractivity contribution in [3.05, 3.63) is 47.8 Å². The summed E-state index contributed by atoms with van der Waals surface area (Å²) in [6.45, 7) is 5.48. The molecule has 1 fully saturated rings. The Kier molecular flexibility index (Phi) is 6.68. The lowest BCUT2D eigenvalue weighted by molar-refractivity contribution is 0.120. The minimum absolute atomic E-state index is 0.175. The molecule has 0 amide bonds. The number of fused-ring (bicyclic) bond motifs is 1. The molecule has 5 rings (SSSR count). The Balaban J connectivity index is 1.18. The number of nitrogen functional groups attached to an aromatic ring is 1. The second kappa shape index (κ2) is 10.2. The number of nitrogens with zero attached hydrogens (tertiary/aromatic N) is 5. The van der Waals surface area contributed by atoms with Crippen LogP contribution >= 0.6 is 0 Å². The maximum atomic E-state index is 5.98. The molecule has 2 aliphatic heterocycles. The van der Waals surface area contributed by atoms with E-state index in [0.29, 0.717) is 36.6 Å². The van der Waals surface area contributed by atoms with Crippen LogP contribution in [0.2, 0.25) is 0 Å². The molecule has 1 saturated heterocycles. The van der Waals surface area contributed by atoms with Crippen LogP contribution in [0.15, 0.2) is 36.4 Å². The third-order valence-electron chi connectivity index (χ3n) is 5.98. The monoisotopic (exact) mass is 479 g/mol. The predicted molar refractivity (Wildman–Crippen MR) is 130 cm³/mol. The summed E-state index contributed by atoms with van der Waals surface area (Å²) in [6.07, 6.45) is 0. The second-order valence-electron chi connectivity index (χ2n) is 8.40. The standard InChI is InChI=1S/C24H29N7O4/c1-32-18-10-17(11-19(12-18)33-2)26-24-28-22(27-23(25)29-24)14-31-7-5-30(6-8-31)13-16-3-4-20-21(9-16)35-15-34-20/h3-4,9-12H,5-8,13-15H2,1-2H3,(H3,25,26,27,28,29). The maximum absolute atomic E-state index is 5.98. The number of nitrogens with one attached hydrogen (secondary N) is 1. The Bertz CT molecular complexity index is 1160. The summed E-state index contributed by atoms with van der Waals surface area (Å²) in [6, 6.07) is 11.6. The normalized spacial score (nSPS) is 15.7. The number of hydrogen-bond acceptors (Lipinski definition) is 11. The Morgan fingerprint density at radius 3 is 2.26 bits per heavy atom. The van der Waals surface area contributed by atoms with Crippen molar-refractivity contribution in [1.29, 1.82) is 0 Å². The molecule has 0 saturated carbocycles. The van der Waals surface area contributed by atoms with Crippen LogP contribution in [0.1, 0.15) is 11.4 Å². The van der Waals surface area contributed by atoms with Gasteiger partial charge in [0.25, 0.3) is 0 Å². The third-order valence-corrected chi connectivity index (χ3v) is 5.98. The molecule has 3 aromatic rings. The van der Waals surface area contributed by atoms with Crippen molar-refractivity contribution in [2.24, 2.45) is 0 Å². The first-order valence-electron chi connectivity index (χ1n) is 11.4. The Morgan fingerprint density at radius 2 is 1.54 bits per heavy atom. The van der Waals surface area contributed by atoms with E-state index >= 15 is 0 Å². The zero-order valence-electron chi connectivity index (χ0n) is 19.9. The zero-order valence-corrected chi connectivity index (χ0v) is 19.9. The lowest BCUT2D eigenvalue weighted by atomic mass is 10.1. The van der Waals surface area contributed by atoms with E-state index in [2.05, 4.69) is 42.2 Å². The molecule has 11 nitrogen and oxygen atoms in total. The average Bonchev–Trinajstić information content (AvgIpc) is 3.32. The largest absolute Gasteiger partial charge is 0.497 e. The summed E-state index contributed by atoms with van der Waals surface area (Å²) < 4.78 is 21.6. The third kappa shape index (κ3) is 5.64. The van der Waals surface area contributed by atoms with Crippen molar-refractivity contribution in [3.8, 4) is 23.0 Å². The van der Waals surface area contributed by atoms with Gasteiger partial charge >= 0.3 is 0 Å². The van der Waals surface area contributed by atoms with Crippen molar-refractivity contribution < 1.29 is 18.9 Å². The predicted octanol–water partition coefficient (Wildman–Crippen LogP) is 2.26. The van der Waals surface area contributed by atoms with Crippen LogP contribution < -0.4 is 30.0 Å². The van der Waals surface area contributed by atoms with Crippen molar-refractivity contribution in [3.63, 3.8) is 0 Å². The first kappa shape index (κ1) is 22.9. The molecule has 0 aliphatic carbocycles. The van der Waals surface area contributed by atoms with Crippen LogP contribution in [0, 0.1) is 0 Å². The molecule has 184 valence electrons. The van der Waals surface area contributed by atoms with E-state index in [9.17, 15) is 0 Å². The van der Waals surface area contributed by atoms with Crippen molar-refractivity contribution in [2.45, 2.75) is 13.1 Å². The number of nitrogens with two attached hydrogens (primary N) is 1. The topological polar surface area (TPSA) is 120 Å². The van der Waals surface area contributed by atoms with Crippen LogP contribution in [-0.4, -0.2) is 71.9 Å². The van der Waals surface area contributed by atoms with Gasteiger partial charge in [-0.3, -0.25) is 9.80 Å². The van der Waals surface area contributed by atoms with Crippen molar-refractivity contribution >= 4 is 17.6 Å². The van der Waals surface area contributed by atoms with Crippen LogP contribution in [0.25, 0.3) is 0 Å². The quantitative estimate of drug-likeness (QED) is 0.495. The zero-order chi connectivity index (χ0) is 24.2. The summed E-state index contributed by atoms with van der Waals surface area (Å²) in [4.78, 5) is 17.9. The average molecular weight is 480 g/mol. The van der Waals surface area contributed by atoms with E-state index in [1.807, 2.05) is 18.2 Å². The van der Waals surface area contributed by atoms with Gasteiger partial charge in [0.15, 0.2) is 11.5 Å². The lowest BCUT2D eigenvalue weighted by Crippen LogP contribution is -2.45. The van der Waals surface area contributed by atoms with Gasteiger partial charge in [-0.2, -0.15) is 15.0 Å². The molecule has 0 bridgehead atoms. The van der Waals surface area contributed by atoms with E-state index in [4.69, 9.17) is 24.7 Å². The Labute approximate surface area is 203 Å². The molecule has 0 unspecified atom stereocenters. The van der Waals surface area contributed by atoms with Gasteiger partial charge in [-0.1, -0.05) is 6.07 Å². The summed E-state index contributed by atoms with van der Waals surface area (Å²) in [5.74, 6) is 4.14. The highest BCUT2D eigenvalue weighted by atomic mass is 16.7. The summed E-state index contributed by atoms with van der Waals surface area (Å²) in [5, 5.41) is 3.18. The number of aromatic nitrogens is 3. The Morgan fingerprint density at radius 1 is 0.857 bits per heavy atom. The number of piperazine rings is 1. The van der Waals surface area contributed by atoms with Crippen molar-refractivity contribution in [2.75, 3.05) is 58.2 Å². The van der Waals surface area contributed by atoms with Gasteiger partial charge in [0.1, 0.15) is 17.3 Å². The minimum atomic E-state index is 0.175. The fourth-order valence-corrected chi connectivity index (χ4v) is 4.18. The highest BCUT2D eigenvalue weighted by Gasteiger charge is 2.20. The first-order valence-corrected chi connectivity index (χ1v) is 11.4.